The van der Waals surface area contributed by atoms with E-state index in [9.17, 15) is 4.79 Å². The number of hydrogen-bond donors (Lipinski definition) is 1. The Bertz CT molecular complexity index is 314. The number of carbonyl (C=O) groups is 1. The highest BCUT2D eigenvalue weighted by molar-refractivity contribution is 5.76. The molecule has 0 saturated carbocycles. The van der Waals surface area contributed by atoms with E-state index in [1.165, 1.54) is 38.5 Å². The molecule has 1 aliphatic carbocycles. The molecule has 2 aliphatic rings. The minimum absolute atomic E-state index is 0.336. The van der Waals surface area contributed by atoms with Crippen molar-refractivity contribution in [3.63, 3.8) is 0 Å². The third-order valence-electron chi connectivity index (χ3n) is 4.45. The van der Waals surface area contributed by atoms with Gasteiger partial charge in [-0.2, -0.15) is 0 Å². The minimum Gasteiger partial charge on any atom is -0.340 e. The van der Waals surface area contributed by atoms with Crippen molar-refractivity contribution in [2.75, 3.05) is 19.6 Å². The summed E-state index contributed by atoms with van der Waals surface area (Å²) in [4.78, 5) is 14.2. The van der Waals surface area contributed by atoms with Crippen molar-refractivity contribution in [2.45, 2.75) is 57.9 Å². The molecule has 2 rings (SSSR count). The minimum atomic E-state index is 0.336. The Hall–Kier alpha value is -0.830. The van der Waals surface area contributed by atoms with Crippen molar-refractivity contribution >= 4 is 5.91 Å². The molecule has 0 aromatic rings. The molecule has 1 heterocycles. The summed E-state index contributed by atoms with van der Waals surface area (Å²) >= 11 is 0. The van der Waals surface area contributed by atoms with Crippen molar-refractivity contribution in [3.05, 3.63) is 12.2 Å². The van der Waals surface area contributed by atoms with Crippen molar-refractivity contribution in [2.24, 2.45) is 5.92 Å². The highest BCUT2D eigenvalue weighted by Gasteiger charge is 2.22. The molecule has 108 valence electrons. The molecule has 1 fully saturated rings. The van der Waals surface area contributed by atoms with Crippen LogP contribution in [0.5, 0.6) is 0 Å². The van der Waals surface area contributed by atoms with Crippen LogP contribution in [0.15, 0.2) is 12.2 Å². The molecule has 1 amide bonds. The first-order valence-corrected chi connectivity index (χ1v) is 7.92. The Balaban J connectivity index is 1.59. The lowest BCUT2D eigenvalue weighted by Gasteiger charge is -2.33. The molecule has 1 N–H and O–H groups in total. The summed E-state index contributed by atoms with van der Waals surface area (Å²) in [6.45, 7) is 5.04. The molecule has 2 atom stereocenters. The monoisotopic (exact) mass is 264 g/mol. The summed E-state index contributed by atoms with van der Waals surface area (Å²) in [5.74, 6) is 1.11. The largest absolute Gasteiger partial charge is 0.340 e. The van der Waals surface area contributed by atoms with Gasteiger partial charge in [0.05, 0.1) is 0 Å². The van der Waals surface area contributed by atoms with Gasteiger partial charge in [0.15, 0.2) is 0 Å². The van der Waals surface area contributed by atoms with Crippen LogP contribution in [0.1, 0.15) is 51.9 Å². The maximum Gasteiger partial charge on any atom is 0.224 e. The molecule has 1 aliphatic heterocycles. The van der Waals surface area contributed by atoms with Gasteiger partial charge in [0.1, 0.15) is 0 Å². The zero-order valence-corrected chi connectivity index (χ0v) is 12.2. The first-order chi connectivity index (χ1) is 9.27. The van der Waals surface area contributed by atoms with E-state index in [-0.39, 0.29) is 0 Å². The standard InChI is InChI=1S/C16H28N2O/c1-14-7-5-6-12-18(14)16(19)10-11-17-13-15-8-3-2-4-9-15/h2-3,14-15,17H,4-13H2,1H3. The Labute approximate surface area is 117 Å². The second-order valence-electron chi connectivity index (χ2n) is 6.04. The molecule has 1 saturated heterocycles. The molecule has 3 heteroatoms. The van der Waals surface area contributed by atoms with Crippen LogP contribution in [0.25, 0.3) is 0 Å². The van der Waals surface area contributed by atoms with Crippen LogP contribution < -0.4 is 5.32 Å². The summed E-state index contributed by atoms with van der Waals surface area (Å²) in [5, 5.41) is 3.46. The maximum atomic E-state index is 12.1. The molecule has 0 aromatic carbocycles. The van der Waals surface area contributed by atoms with E-state index in [1.54, 1.807) is 0 Å². The second-order valence-corrected chi connectivity index (χ2v) is 6.04. The summed E-state index contributed by atoms with van der Waals surface area (Å²) < 4.78 is 0. The van der Waals surface area contributed by atoms with Gasteiger partial charge in [0.25, 0.3) is 0 Å². The third kappa shape index (κ3) is 4.64. The van der Waals surface area contributed by atoms with Crippen LogP contribution in [-0.2, 0) is 4.79 Å². The molecule has 2 unspecified atom stereocenters. The maximum absolute atomic E-state index is 12.1. The second kappa shape index (κ2) is 7.68. The number of rotatable bonds is 5. The van der Waals surface area contributed by atoms with E-state index >= 15 is 0 Å². The van der Waals surface area contributed by atoms with Gasteiger partial charge in [0, 0.05) is 25.6 Å². The first kappa shape index (κ1) is 14.6. The fourth-order valence-electron chi connectivity index (χ4n) is 3.16. The van der Waals surface area contributed by atoms with Crippen LogP contribution >= 0.6 is 0 Å². The number of allylic oxidation sites excluding steroid dienone is 2. The van der Waals surface area contributed by atoms with Gasteiger partial charge < -0.3 is 10.2 Å². The van der Waals surface area contributed by atoms with Crippen molar-refractivity contribution in [1.29, 1.82) is 0 Å². The fraction of sp³-hybridized carbons (Fsp3) is 0.812. The van der Waals surface area contributed by atoms with Gasteiger partial charge in [-0.15, -0.1) is 0 Å². The molecule has 0 bridgehead atoms. The van der Waals surface area contributed by atoms with Crippen molar-refractivity contribution in [3.8, 4) is 0 Å². The summed E-state index contributed by atoms with van der Waals surface area (Å²) in [6, 6.07) is 0.449. The van der Waals surface area contributed by atoms with Crippen LogP contribution in [0.2, 0.25) is 0 Å². The average Bonchev–Trinajstić information content (AvgIpc) is 2.45. The molecule has 0 spiro atoms. The average molecular weight is 264 g/mol. The quantitative estimate of drug-likeness (QED) is 0.611. The zero-order valence-electron chi connectivity index (χ0n) is 12.2. The van der Waals surface area contributed by atoms with Crippen LogP contribution in [0.3, 0.4) is 0 Å². The fourth-order valence-corrected chi connectivity index (χ4v) is 3.16. The molecular weight excluding hydrogens is 236 g/mol. The Morgan fingerprint density at radius 3 is 2.95 bits per heavy atom. The van der Waals surface area contributed by atoms with Crippen LogP contribution in [0, 0.1) is 5.92 Å². The lowest BCUT2D eigenvalue weighted by molar-refractivity contribution is -0.134. The number of piperidine rings is 1. The summed E-state index contributed by atoms with van der Waals surface area (Å²) in [6.07, 6.45) is 12.6. The Morgan fingerprint density at radius 1 is 1.32 bits per heavy atom. The van der Waals surface area contributed by atoms with Crippen molar-refractivity contribution < 1.29 is 4.79 Å². The molecule has 0 aromatic heterocycles. The lowest BCUT2D eigenvalue weighted by atomic mass is 9.94. The van der Waals surface area contributed by atoms with Gasteiger partial charge in [0.2, 0.25) is 5.91 Å². The summed E-state index contributed by atoms with van der Waals surface area (Å²) in [5.41, 5.74) is 0. The van der Waals surface area contributed by atoms with E-state index in [0.717, 1.165) is 25.6 Å². The van der Waals surface area contributed by atoms with E-state index in [2.05, 4.69) is 29.3 Å². The normalized spacial score (nSPS) is 27.5. The van der Waals surface area contributed by atoms with Crippen molar-refractivity contribution in [1.82, 2.24) is 10.2 Å². The number of nitrogens with zero attached hydrogens (tertiary/aromatic N) is 1. The third-order valence-corrected chi connectivity index (χ3v) is 4.45. The van der Waals surface area contributed by atoms with Crippen LogP contribution in [0.4, 0.5) is 0 Å². The van der Waals surface area contributed by atoms with Gasteiger partial charge in [-0.05, 0) is 57.9 Å². The highest BCUT2D eigenvalue weighted by atomic mass is 16.2. The van der Waals surface area contributed by atoms with Gasteiger partial charge in [-0.3, -0.25) is 4.79 Å². The molecule has 3 nitrogen and oxygen atoms in total. The lowest BCUT2D eigenvalue weighted by Crippen LogP contribution is -2.43. The summed E-state index contributed by atoms with van der Waals surface area (Å²) in [7, 11) is 0. The molecule has 0 radical (unpaired) electrons. The number of carbonyl (C=O) groups excluding carboxylic acids is 1. The number of hydrogen-bond acceptors (Lipinski definition) is 2. The number of nitrogens with one attached hydrogen (secondary N) is 1. The van der Waals surface area contributed by atoms with E-state index in [1.807, 2.05) is 0 Å². The van der Waals surface area contributed by atoms with E-state index in [0.29, 0.717) is 18.4 Å². The zero-order chi connectivity index (χ0) is 13.5. The van der Waals surface area contributed by atoms with Gasteiger partial charge in [-0.1, -0.05) is 12.2 Å². The van der Waals surface area contributed by atoms with E-state index < -0.39 is 0 Å². The Kier molecular flexibility index (Phi) is 5.90. The smallest absolute Gasteiger partial charge is 0.224 e. The predicted octanol–water partition coefficient (Wildman–Crippen LogP) is 2.72. The molecular formula is C16H28N2O. The van der Waals surface area contributed by atoms with Crippen LogP contribution in [-0.4, -0.2) is 36.5 Å². The Morgan fingerprint density at radius 2 is 2.21 bits per heavy atom. The van der Waals surface area contributed by atoms with Gasteiger partial charge >= 0.3 is 0 Å². The highest BCUT2D eigenvalue weighted by Crippen LogP contribution is 2.18. The van der Waals surface area contributed by atoms with E-state index in [4.69, 9.17) is 0 Å². The molecule has 19 heavy (non-hydrogen) atoms. The number of likely N-dealkylation sites (tertiary alicyclic amines) is 1. The van der Waals surface area contributed by atoms with Gasteiger partial charge in [-0.25, -0.2) is 0 Å². The predicted molar refractivity (Wildman–Crippen MR) is 79.0 cm³/mol. The number of amides is 1. The topological polar surface area (TPSA) is 32.3 Å². The first-order valence-electron chi connectivity index (χ1n) is 7.92. The SMILES string of the molecule is CC1CCCCN1C(=O)CCNCC1CC=CCC1.